The van der Waals surface area contributed by atoms with Gasteiger partial charge in [-0.2, -0.15) is 0 Å². The van der Waals surface area contributed by atoms with Crippen molar-refractivity contribution in [3.8, 4) is 0 Å². The zero-order valence-electron chi connectivity index (χ0n) is 9.71. The summed E-state index contributed by atoms with van der Waals surface area (Å²) in [5.74, 6) is 0.653. The number of benzene rings is 1. The first-order valence-electron chi connectivity index (χ1n) is 5.49. The molecule has 1 N–H and O–H groups in total. The summed E-state index contributed by atoms with van der Waals surface area (Å²) in [4.78, 5) is 4.51. The van der Waals surface area contributed by atoms with E-state index in [4.69, 9.17) is 11.6 Å². The molecule has 0 aromatic heterocycles. The highest BCUT2D eigenvalue weighted by atomic mass is 79.9. The Kier molecular flexibility index (Phi) is 4.39. The van der Waals surface area contributed by atoms with E-state index in [-0.39, 0.29) is 0 Å². The van der Waals surface area contributed by atoms with Gasteiger partial charge in [0.1, 0.15) is 0 Å². The van der Waals surface area contributed by atoms with Crippen molar-refractivity contribution < 1.29 is 0 Å². The standard InChI is InChI=1S/C12H14BrClN2S/c1-7(2)11-6-15-12(17-11)16-8-3-4-10(14)9(13)5-8/h3-5,7,11H,6H2,1-2H3,(H,15,16). The van der Waals surface area contributed by atoms with Crippen LogP contribution in [0, 0.1) is 5.92 Å². The molecule has 2 rings (SSSR count). The molecule has 2 nitrogen and oxygen atoms in total. The van der Waals surface area contributed by atoms with Crippen LogP contribution in [0.1, 0.15) is 13.8 Å². The van der Waals surface area contributed by atoms with E-state index < -0.39 is 0 Å². The van der Waals surface area contributed by atoms with Gasteiger partial charge in [-0.25, -0.2) is 0 Å². The van der Waals surface area contributed by atoms with Crippen LogP contribution in [-0.4, -0.2) is 17.0 Å². The Labute approximate surface area is 119 Å². The molecule has 1 aliphatic rings. The first-order valence-corrected chi connectivity index (χ1v) is 7.54. The third-order valence-electron chi connectivity index (χ3n) is 2.59. The summed E-state index contributed by atoms with van der Waals surface area (Å²) >= 11 is 11.2. The van der Waals surface area contributed by atoms with Crippen molar-refractivity contribution in [1.82, 2.24) is 0 Å². The number of aliphatic imine (C=N–C) groups is 1. The normalized spacial score (nSPS) is 19.6. The maximum absolute atomic E-state index is 5.95. The Hall–Kier alpha value is -0.190. The van der Waals surface area contributed by atoms with Gasteiger partial charge >= 0.3 is 0 Å². The highest BCUT2D eigenvalue weighted by molar-refractivity contribution is 9.10. The molecule has 1 heterocycles. The Morgan fingerprint density at radius 2 is 2.29 bits per heavy atom. The molecular weight excluding hydrogens is 320 g/mol. The highest BCUT2D eigenvalue weighted by Crippen LogP contribution is 2.30. The second kappa shape index (κ2) is 5.63. The van der Waals surface area contributed by atoms with Crippen molar-refractivity contribution in [2.24, 2.45) is 10.9 Å². The maximum atomic E-state index is 5.95. The molecule has 0 spiro atoms. The van der Waals surface area contributed by atoms with E-state index in [9.17, 15) is 0 Å². The van der Waals surface area contributed by atoms with E-state index in [2.05, 4.69) is 40.1 Å². The van der Waals surface area contributed by atoms with Crippen molar-refractivity contribution in [3.05, 3.63) is 27.7 Å². The lowest BCUT2D eigenvalue weighted by Crippen LogP contribution is -2.13. The Balaban J connectivity index is 2.00. The largest absolute Gasteiger partial charge is 0.335 e. The Bertz CT molecular complexity index is 448. The van der Waals surface area contributed by atoms with Gasteiger partial charge in [-0.3, -0.25) is 4.99 Å². The molecule has 0 aliphatic carbocycles. The molecule has 0 saturated heterocycles. The maximum Gasteiger partial charge on any atom is 0.161 e. The average molecular weight is 334 g/mol. The molecule has 1 aromatic rings. The number of amidine groups is 1. The lowest BCUT2D eigenvalue weighted by Gasteiger charge is -2.12. The molecular formula is C12H14BrClN2S. The summed E-state index contributed by atoms with van der Waals surface area (Å²) in [6.07, 6.45) is 0. The topological polar surface area (TPSA) is 24.4 Å². The quantitative estimate of drug-likeness (QED) is 0.852. The van der Waals surface area contributed by atoms with Crippen molar-refractivity contribution in [3.63, 3.8) is 0 Å². The number of nitrogens with zero attached hydrogens (tertiary/aromatic N) is 1. The van der Waals surface area contributed by atoms with Gasteiger partial charge in [-0.15, -0.1) is 0 Å². The van der Waals surface area contributed by atoms with Gasteiger partial charge in [-0.05, 0) is 40.0 Å². The van der Waals surface area contributed by atoms with Gasteiger partial charge in [0.2, 0.25) is 0 Å². The summed E-state index contributed by atoms with van der Waals surface area (Å²) in [6, 6.07) is 5.79. The third-order valence-corrected chi connectivity index (χ3v) is 5.26. The van der Waals surface area contributed by atoms with Crippen molar-refractivity contribution in [2.45, 2.75) is 19.1 Å². The predicted octanol–water partition coefficient (Wildman–Crippen LogP) is 4.64. The first kappa shape index (κ1) is 13.2. The SMILES string of the molecule is CC(C)C1CN=C(Nc2ccc(Cl)c(Br)c2)S1. The first-order chi connectivity index (χ1) is 8.06. The fourth-order valence-corrected chi connectivity index (χ4v) is 3.03. The molecule has 0 saturated carbocycles. The van der Waals surface area contributed by atoms with Crippen LogP contribution in [0.25, 0.3) is 0 Å². The highest BCUT2D eigenvalue weighted by Gasteiger charge is 2.22. The summed E-state index contributed by atoms with van der Waals surface area (Å²) < 4.78 is 0.896. The van der Waals surface area contributed by atoms with Gasteiger partial charge in [0.15, 0.2) is 5.17 Å². The van der Waals surface area contributed by atoms with Gasteiger partial charge < -0.3 is 5.32 Å². The van der Waals surface area contributed by atoms with Gasteiger partial charge in [0, 0.05) is 15.4 Å². The Morgan fingerprint density at radius 1 is 1.53 bits per heavy atom. The lowest BCUT2D eigenvalue weighted by atomic mass is 10.1. The number of hydrogen-bond acceptors (Lipinski definition) is 3. The van der Waals surface area contributed by atoms with Crippen LogP contribution in [0.2, 0.25) is 5.02 Å². The van der Waals surface area contributed by atoms with E-state index in [1.165, 1.54) is 0 Å². The molecule has 1 atom stereocenters. The summed E-state index contributed by atoms with van der Waals surface area (Å²) in [7, 11) is 0. The summed E-state index contributed by atoms with van der Waals surface area (Å²) in [5.41, 5.74) is 1.01. The number of thioether (sulfide) groups is 1. The molecule has 1 unspecified atom stereocenters. The molecule has 0 amide bonds. The number of hydrogen-bond donors (Lipinski definition) is 1. The molecule has 5 heteroatoms. The zero-order valence-corrected chi connectivity index (χ0v) is 12.9. The monoisotopic (exact) mass is 332 g/mol. The van der Waals surface area contributed by atoms with Crippen molar-refractivity contribution >= 4 is 50.1 Å². The minimum Gasteiger partial charge on any atom is -0.335 e. The van der Waals surface area contributed by atoms with Gasteiger partial charge in [-0.1, -0.05) is 37.2 Å². The minimum atomic E-state index is 0.591. The molecule has 1 aromatic carbocycles. The predicted molar refractivity (Wildman–Crippen MR) is 81.3 cm³/mol. The minimum absolute atomic E-state index is 0.591. The van der Waals surface area contributed by atoms with Crippen molar-refractivity contribution in [2.75, 3.05) is 11.9 Å². The van der Waals surface area contributed by atoms with Crippen LogP contribution in [0.3, 0.4) is 0 Å². The van der Waals surface area contributed by atoms with Crippen LogP contribution in [-0.2, 0) is 0 Å². The number of halogens is 2. The Morgan fingerprint density at radius 3 is 2.88 bits per heavy atom. The molecule has 0 fully saturated rings. The smallest absolute Gasteiger partial charge is 0.161 e. The van der Waals surface area contributed by atoms with E-state index in [0.29, 0.717) is 11.2 Å². The molecule has 1 aliphatic heterocycles. The fraction of sp³-hybridized carbons (Fsp3) is 0.417. The van der Waals surface area contributed by atoms with Gasteiger partial charge in [0.05, 0.1) is 11.6 Å². The molecule has 17 heavy (non-hydrogen) atoms. The summed E-state index contributed by atoms with van der Waals surface area (Å²) in [6.45, 7) is 5.36. The number of nitrogens with one attached hydrogen (secondary N) is 1. The van der Waals surface area contributed by atoms with Crippen LogP contribution in [0.15, 0.2) is 27.7 Å². The van der Waals surface area contributed by atoms with E-state index in [1.54, 1.807) is 0 Å². The van der Waals surface area contributed by atoms with Crippen LogP contribution < -0.4 is 5.32 Å². The summed E-state index contributed by atoms with van der Waals surface area (Å²) in [5, 5.41) is 5.63. The molecule has 92 valence electrons. The van der Waals surface area contributed by atoms with Crippen LogP contribution >= 0.6 is 39.3 Å². The van der Waals surface area contributed by atoms with Crippen LogP contribution in [0.5, 0.6) is 0 Å². The lowest BCUT2D eigenvalue weighted by molar-refractivity contribution is 0.621. The van der Waals surface area contributed by atoms with Gasteiger partial charge in [0.25, 0.3) is 0 Å². The number of anilines is 1. The molecule has 0 radical (unpaired) electrons. The molecule has 0 bridgehead atoms. The second-order valence-corrected chi connectivity index (χ2v) is 6.79. The second-order valence-electron chi connectivity index (χ2n) is 4.30. The fourth-order valence-electron chi connectivity index (χ4n) is 1.50. The average Bonchev–Trinajstić information content (AvgIpc) is 2.72. The van der Waals surface area contributed by atoms with E-state index in [1.807, 2.05) is 30.0 Å². The third kappa shape index (κ3) is 3.39. The van der Waals surface area contributed by atoms with Crippen molar-refractivity contribution in [1.29, 1.82) is 0 Å². The van der Waals surface area contributed by atoms with E-state index in [0.717, 1.165) is 26.9 Å². The van der Waals surface area contributed by atoms with Crippen LogP contribution in [0.4, 0.5) is 5.69 Å². The number of rotatable bonds is 2. The van der Waals surface area contributed by atoms with E-state index >= 15 is 0 Å². The zero-order chi connectivity index (χ0) is 12.4.